The predicted octanol–water partition coefficient (Wildman–Crippen LogP) is 4.88. The summed E-state index contributed by atoms with van der Waals surface area (Å²) < 4.78 is 59.7. The zero-order valence-electron chi connectivity index (χ0n) is 20.2. The van der Waals surface area contributed by atoms with Crippen LogP contribution in [0.15, 0.2) is 41.6 Å². The number of sulfone groups is 1. The number of hydrogen-bond donors (Lipinski definition) is 0. The van der Waals surface area contributed by atoms with Crippen LogP contribution in [-0.4, -0.2) is 53.9 Å². The highest BCUT2D eigenvalue weighted by Crippen LogP contribution is 2.30. The Labute approximate surface area is 203 Å². The summed E-state index contributed by atoms with van der Waals surface area (Å²) >= 11 is 0. The minimum atomic E-state index is -4.04. The molecule has 4 rings (SSSR count). The van der Waals surface area contributed by atoms with Crippen molar-refractivity contribution in [2.24, 2.45) is 0 Å². The first-order valence-electron chi connectivity index (χ1n) is 11.4. The molecule has 0 saturated carbocycles. The molecule has 10 heteroatoms. The third-order valence-corrected chi connectivity index (χ3v) is 7.21. The van der Waals surface area contributed by atoms with E-state index >= 15 is 0 Å². The summed E-state index contributed by atoms with van der Waals surface area (Å²) in [5.74, 6) is -1.92. The minimum absolute atomic E-state index is 0.0418. The number of amides is 1. The number of carbonyl (C=O) groups excluding carboxylic acids is 1. The number of pyridine rings is 1. The quantitative estimate of drug-likeness (QED) is 0.505. The molecule has 0 spiro atoms. The highest BCUT2D eigenvalue weighted by molar-refractivity contribution is 7.90. The first-order chi connectivity index (χ1) is 16.3. The number of nitrogens with zero attached hydrogens (tertiary/aromatic N) is 3. The van der Waals surface area contributed by atoms with E-state index in [0.29, 0.717) is 18.8 Å². The molecule has 0 radical (unpaired) electrons. The van der Waals surface area contributed by atoms with E-state index in [1.807, 2.05) is 32.9 Å². The molecule has 3 aromatic rings. The van der Waals surface area contributed by atoms with E-state index in [1.54, 1.807) is 21.9 Å². The summed E-state index contributed by atoms with van der Waals surface area (Å²) in [6, 6.07) is 6.34. The molecule has 1 saturated heterocycles. The SMILES string of the molecule is CC(C)(C)OC(=O)N1CCC(c2ccc(Cn3ccc4c(F)c(S(C)(=O)=O)c(F)cc43)nc2)CC1. The van der Waals surface area contributed by atoms with E-state index in [9.17, 15) is 22.0 Å². The van der Waals surface area contributed by atoms with E-state index in [1.165, 1.54) is 6.07 Å². The molecular formula is C25H29F2N3O4S. The molecule has 1 aliphatic rings. The number of aromatic nitrogens is 2. The van der Waals surface area contributed by atoms with Crippen molar-refractivity contribution in [1.82, 2.24) is 14.5 Å². The van der Waals surface area contributed by atoms with Crippen LogP contribution < -0.4 is 0 Å². The van der Waals surface area contributed by atoms with Crippen LogP contribution in [0.25, 0.3) is 10.9 Å². The first-order valence-corrected chi connectivity index (χ1v) is 13.3. The summed E-state index contributed by atoms with van der Waals surface area (Å²) in [5, 5.41) is 0.0418. The second-order valence-corrected chi connectivity index (χ2v) is 11.9. The Morgan fingerprint density at radius 3 is 2.43 bits per heavy atom. The number of hydrogen-bond acceptors (Lipinski definition) is 5. The molecule has 35 heavy (non-hydrogen) atoms. The fraction of sp³-hybridized carbons (Fsp3) is 0.440. The van der Waals surface area contributed by atoms with Crippen molar-refractivity contribution < 1.29 is 26.7 Å². The van der Waals surface area contributed by atoms with Crippen LogP contribution in [0.5, 0.6) is 0 Å². The van der Waals surface area contributed by atoms with Gasteiger partial charge in [0.15, 0.2) is 15.7 Å². The van der Waals surface area contributed by atoms with Gasteiger partial charge in [-0.2, -0.15) is 0 Å². The number of carbonyl (C=O) groups is 1. The van der Waals surface area contributed by atoms with E-state index in [4.69, 9.17) is 4.74 Å². The summed E-state index contributed by atoms with van der Waals surface area (Å²) in [5.41, 5.74) is 1.51. The van der Waals surface area contributed by atoms with Gasteiger partial charge in [0.05, 0.1) is 17.8 Å². The van der Waals surface area contributed by atoms with Gasteiger partial charge in [-0.15, -0.1) is 0 Å². The summed E-state index contributed by atoms with van der Waals surface area (Å²) in [6.07, 6.45) is 5.50. The van der Waals surface area contributed by atoms with Gasteiger partial charge in [-0.3, -0.25) is 4.98 Å². The molecule has 3 heterocycles. The average Bonchev–Trinajstić information content (AvgIpc) is 3.15. The van der Waals surface area contributed by atoms with Gasteiger partial charge in [0.1, 0.15) is 16.3 Å². The number of fused-ring (bicyclic) bond motifs is 1. The van der Waals surface area contributed by atoms with Gasteiger partial charge in [0, 0.05) is 37.1 Å². The molecule has 0 aliphatic carbocycles. The molecule has 0 unspecified atom stereocenters. The molecule has 1 amide bonds. The normalized spacial score (nSPS) is 15.5. The lowest BCUT2D eigenvalue weighted by Crippen LogP contribution is -2.41. The van der Waals surface area contributed by atoms with Gasteiger partial charge in [0.2, 0.25) is 0 Å². The van der Waals surface area contributed by atoms with E-state index < -0.39 is 32.0 Å². The lowest BCUT2D eigenvalue weighted by molar-refractivity contribution is 0.0204. The summed E-state index contributed by atoms with van der Waals surface area (Å²) in [7, 11) is -4.04. The van der Waals surface area contributed by atoms with Gasteiger partial charge in [-0.1, -0.05) is 6.07 Å². The van der Waals surface area contributed by atoms with E-state index in [0.717, 1.165) is 30.7 Å². The maximum absolute atomic E-state index is 14.7. The monoisotopic (exact) mass is 505 g/mol. The van der Waals surface area contributed by atoms with Gasteiger partial charge in [-0.05, 0) is 63.3 Å². The van der Waals surface area contributed by atoms with E-state index in [-0.39, 0.29) is 29.5 Å². The van der Waals surface area contributed by atoms with Crippen molar-refractivity contribution in [2.45, 2.75) is 56.6 Å². The molecule has 7 nitrogen and oxygen atoms in total. The van der Waals surface area contributed by atoms with E-state index in [2.05, 4.69) is 4.98 Å². The highest BCUT2D eigenvalue weighted by Gasteiger charge is 2.28. The largest absolute Gasteiger partial charge is 0.444 e. The van der Waals surface area contributed by atoms with Crippen LogP contribution >= 0.6 is 0 Å². The van der Waals surface area contributed by atoms with Crippen molar-refractivity contribution in [3.63, 3.8) is 0 Å². The van der Waals surface area contributed by atoms with Crippen LogP contribution in [0.1, 0.15) is 50.8 Å². The van der Waals surface area contributed by atoms with Gasteiger partial charge < -0.3 is 14.2 Å². The lowest BCUT2D eigenvalue weighted by atomic mass is 9.90. The second kappa shape index (κ2) is 9.22. The molecule has 0 bridgehead atoms. The lowest BCUT2D eigenvalue weighted by Gasteiger charge is -2.33. The van der Waals surface area contributed by atoms with Crippen molar-refractivity contribution >= 4 is 26.8 Å². The Kier molecular flexibility index (Phi) is 6.61. The van der Waals surface area contributed by atoms with Crippen LogP contribution in [0.3, 0.4) is 0 Å². The van der Waals surface area contributed by atoms with Gasteiger partial charge in [0.25, 0.3) is 0 Å². The fourth-order valence-corrected chi connectivity index (χ4v) is 5.24. The average molecular weight is 506 g/mol. The number of likely N-dealkylation sites (tertiary alicyclic amines) is 1. The predicted molar refractivity (Wildman–Crippen MR) is 128 cm³/mol. The second-order valence-electron chi connectivity index (χ2n) is 9.97. The standard InChI is InChI=1S/C25H29F2N3O4S/c1-25(2,3)34-24(31)29-10-7-16(8-11-29)17-5-6-18(28-14-17)15-30-12-9-19-21(30)13-20(26)23(22(19)27)35(4,32)33/h5-6,9,12-14,16H,7-8,10-11,15H2,1-4H3. The van der Waals surface area contributed by atoms with Crippen molar-refractivity contribution in [3.8, 4) is 0 Å². The molecule has 2 aromatic heterocycles. The maximum Gasteiger partial charge on any atom is 0.410 e. The molecule has 188 valence electrons. The Bertz CT molecular complexity index is 1350. The molecular weight excluding hydrogens is 476 g/mol. The van der Waals surface area contributed by atoms with Crippen LogP contribution in [0.4, 0.5) is 13.6 Å². The molecule has 0 N–H and O–H groups in total. The first kappa shape index (κ1) is 25.1. The topological polar surface area (TPSA) is 81.5 Å². The maximum atomic E-state index is 14.7. The van der Waals surface area contributed by atoms with Crippen molar-refractivity contribution in [1.29, 1.82) is 0 Å². The van der Waals surface area contributed by atoms with Crippen LogP contribution in [0, 0.1) is 11.6 Å². The summed E-state index contributed by atoms with van der Waals surface area (Å²) in [4.78, 5) is 17.6. The zero-order valence-corrected chi connectivity index (χ0v) is 21.0. The zero-order chi connectivity index (χ0) is 25.5. The number of piperidine rings is 1. The molecule has 1 aliphatic heterocycles. The third-order valence-electron chi connectivity index (χ3n) is 6.09. The Morgan fingerprint density at radius 1 is 1.17 bits per heavy atom. The number of benzene rings is 1. The molecule has 0 atom stereocenters. The number of halogens is 2. The van der Waals surface area contributed by atoms with Crippen LogP contribution in [0.2, 0.25) is 0 Å². The van der Waals surface area contributed by atoms with Gasteiger partial charge >= 0.3 is 6.09 Å². The fourth-order valence-electron chi connectivity index (χ4n) is 4.39. The Balaban J connectivity index is 1.45. The van der Waals surface area contributed by atoms with Gasteiger partial charge in [-0.25, -0.2) is 22.0 Å². The van der Waals surface area contributed by atoms with Crippen LogP contribution in [-0.2, 0) is 21.1 Å². The Morgan fingerprint density at radius 2 is 1.86 bits per heavy atom. The third kappa shape index (κ3) is 5.47. The Hall–Kier alpha value is -3.01. The van der Waals surface area contributed by atoms with Crippen molar-refractivity contribution in [3.05, 3.63) is 59.6 Å². The minimum Gasteiger partial charge on any atom is -0.444 e. The highest BCUT2D eigenvalue weighted by atomic mass is 32.2. The molecule has 1 fully saturated rings. The number of ether oxygens (including phenoxy) is 1. The summed E-state index contributed by atoms with van der Waals surface area (Å²) in [6.45, 7) is 7.05. The van der Waals surface area contributed by atoms with Crippen molar-refractivity contribution in [2.75, 3.05) is 19.3 Å². The molecule has 1 aromatic carbocycles. The number of rotatable bonds is 4. The smallest absolute Gasteiger partial charge is 0.410 e.